The summed E-state index contributed by atoms with van der Waals surface area (Å²) in [5.74, 6) is 3.45. The van der Waals surface area contributed by atoms with Crippen LogP contribution in [0.3, 0.4) is 0 Å². The van der Waals surface area contributed by atoms with Crippen LogP contribution in [0, 0.1) is 5.92 Å². The van der Waals surface area contributed by atoms with Gasteiger partial charge in [-0.05, 0) is 68.0 Å². The number of allylic oxidation sites excluding steroid dienone is 1. The Morgan fingerprint density at radius 3 is 2.59 bits per heavy atom. The van der Waals surface area contributed by atoms with Crippen LogP contribution in [0.1, 0.15) is 57.8 Å². The largest absolute Gasteiger partial charge is 0.493 e. The number of aliphatic hydroxyl groups excluding tert-OH is 1. The Kier molecular flexibility index (Phi) is 6.03. The van der Waals surface area contributed by atoms with Gasteiger partial charge < -0.3 is 23.8 Å². The van der Waals surface area contributed by atoms with E-state index in [9.17, 15) is 5.11 Å². The highest BCUT2D eigenvalue weighted by Gasteiger charge is 2.43. The zero-order valence-electron chi connectivity index (χ0n) is 19.7. The molecule has 0 bridgehead atoms. The van der Waals surface area contributed by atoms with Crippen molar-refractivity contribution in [2.75, 3.05) is 14.2 Å². The molecule has 1 aromatic heterocycles. The lowest BCUT2D eigenvalue weighted by Crippen LogP contribution is -2.36. The van der Waals surface area contributed by atoms with E-state index in [1.165, 1.54) is 0 Å². The third-order valence-electron chi connectivity index (χ3n) is 6.89. The number of hydrogen-bond acceptors (Lipinski definition) is 7. The van der Waals surface area contributed by atoms with Gasteiger partial charge in [-0.2, -0.15) is 4.98 Å². The van der Waals surface area contributed by atoms with Crippen molar-refractivity contribution in [1.82, 2.24) is 10.1 Å². The van der Waals surface area contributed by atoms with Crippen LogP contribution in [0.2, 0.25) is 0 Å². The number of nitrogens with zero attached hydrogens (tertiary/aromatic N) is 2. The Labute approximate surface area is 189 Å². The number of benzene rings is 1. The Balaban J connectivity index is 1.49. The molecule has 2 aromatic rings. The van der Waals surface area contributed by atoms with Gasteiger partial charge in [0, 0.05) is 18.8 Å². The first-order valence-electron chi connectivity index (χ1n) is 11.1. The van der Waals surface area contributed by atoms with E-state index in [2.05, 4.69) is 10.1 Å². The summed E-state index contributed by atoms with van der Waals surface area (Å²) in [6, 6.07) is 5.88. The number of aliphatic hydroxyl groups is 1. The minimum Gasteiger partial charge on any atom is -0.493 e. The van der Waals surface area contributed by atoms with E-state index in [0.29, 0.717) is 29.6 Å². The molecule has 2 aliphatic rings. The molecule has 0 saturated carbocycles. The summed E-state index contributed by atoms with van der Waals surface area (Å²) in [6.07, 6.45) is 2.47. The van der Waals surface area contributed by atoms with Crippen LogP contribution < -0.4 is 9.47 Å². The highest BCUT2D eigenvalue weighted by atomic mass is 16.5. The maximum atomic E-state index is 10.5. The first-order valence-corrected chi connectivity index (χ1v) is 11.1. The smallest absolute Gasteiger partial charge is 0.270 e. The van der Waals surface area contributed by atoms with Crippen LogP contribution in [0.5, 0.6) is 11.5 Å². The topological polar surface area (TPSA) is 86.8 Å². The van der Waals surface area contributed by atoms with Gasteiger partial charge in [-0.3, -0.25) is 0 Å². The average molecular weight is 441 g/mol. The van der Waals surface area contributed by atoms with Crippen molar-refractivity contribution in [3.05, 3.63) is 58.0 Å². The number of aromatic nitrogens is 2. The van der Waals surface area contributed by atoms with Gasteiger partial charge in [-0.15, -0.1) is 0 Å². The van der Waals surface area contributed by atoms with Crippen LogP contribution in [0.15, 0.2) is 45.2 Å². The van der Waals surface area contributed by atoms with E-state index in [-0.39, 0.29) is 5.92 Å². The molecule has 2 heterocycles. The predicted molar refractivity (Wildman–Crippen MR) is 119 cm³/mol. The molecular weight excluding hydrogens is 408 g/mol. The third-order valence-corrected chi connectivity index (χ3v) is 6.89. The second-order valence-electron chi connectivity index (χ2n) is 8.95. The van der Waals surface area contributed by atoms with Gasteiger partial charge in [0.1, 0.15) is 5.76 Å². The molecule has 172 valence electrons. The molecule has 32 heavy (non-hydrogen) atoms. The molecule has 3 unspecified atom stereocenters. The van der Waals surface area contributed by atoms with E-state index in [4.69, 9.17) is 18.7 Å². The molecule has 7 nitrogen and oxygen atoms in total. The number of rotatable bonds is 6. The first kappa shape index (κ1) is 22.4. The second kappa shape index (κ2) is 8.62. The molecule has 3 atom stereocenters. The molecule has 0 radical (unpaired) electrons. The van der Waals surface area contributed by atoms with E-state index in [1.54, 1.807) is 14.2 Å². The summed E-state index contributed by atoms with van der Waals surface area (Å²) in [5, 5.41) is 14.7. The lowest BCUT2D eigenvalue weighted by atomic mass is 9.78. The maximum absolute atomic E-state index is 10.5. The molecule has 0 spiro atoms. The van der Waals surface area contributed by atoms with Gasteiger partial charge in [0.2, 0.25) is 0 Å². The maximum Gasteiger partial charge on any atom is 0.270 e. The number of ether oxygens (including phenoxy) is 3. The third kappa shape index (κ3) is 3.90. The molecule has 1 aliphatic carbocycles. The van der Waals surface area contributed by atoms with E-state index in [1.807, 2.05) is 45.9 Å². The first-order chi connectivity index (χ1) is 15.3. The normalized spacial score (nSPS) is 25.5. The van der Waals surface area contributed by atoms with Crippen LogP contribution in [0.4, 0.5) is 0 Å². The Morgan fingerprint density at radius 1 is 1.12 bits per heavy atom. The summed E-state index contributed by atoms with van der Waals surface area (Å²) in [6.45, 7) is 8.06. The van der Waals surface area contributed by atoms with E-state index in [0.717, 1.165) is 47.3 Å². The molecule has 1 fully saturated rings. The standard InChI is InChI=1S/C25H32N2O5/c1-14-15(2)23-18(16(3)22(14)28)11-12-25(4,31-23)24-26-21(27-32-24)10-8-17-7-9-19(29-5)20(13-17)30-6/h7,9,13-14,22,28H,8,10-12H2,1-6H3. The van der Waals surface area contributed by atoms with Gasteiger partial charge in [-0.1, -0.05) is 18.1 Å². The van der Waals surface area contributed by atoms with Crippen molar-refractivity contribution >= 4 is 0 Å². The van der Waals surface area contributed by atoms with Gasteiger partial charge in [0.05, 0.1) is 20.3 Å². The van der Waals surface area contributed by atoms with Crippen LogP contribution in [-0.4, -0.2) is 35.6 Å². The van der Waals surface area contributed by atoms with Crippen molar-refractivity contribution in [1.29, 1.82) is 0 Å². The molecule has 1 aliphatic heterocycles. The van der Waals surface area contributed by atoms with Crippen molar-refractivity contribution in [3.8, 4) is 11.5 Å². The molecule has 1 saturated heterocycles. The molecular formula is C25H32N2O5. The average Bonchev–Trinajstić information content (AvgIpc) is 3.30. The summed E-state index contributed by atoms with van der Waals surface area (Å²) in [4.78, 5) is 4.67. The van der Waals surface area contributed by atoms with Crippen LogP contribution in [0.25, 0.3) is 0 Å². The Hall–Kier alpha value is -2.80. The fourth-order valence-electron chi connectivity index (χ4n) is 4.52. The molecule has 1 aromatic carbocycles. The monoisotopic (exact) mass is 440 g/mol. The zero-order chi connectivity index (χ0) is 23.0. The van der Waals surface area contributed by atoms with Crippen molar-refractivity contribution in [2.45, 2.75) is 65.1 Å². The number of aryl methyl sites for hydroxylation is 2. The minimum atomic E-state index is -0.684. The summed E-state index contributed by atoms with van der Waals surface area (Å²) < 4.78 is 22.8. The molecule has 0 amide bonds. The number of hydrogen-bond donors (Lipinski definition) is 1. The zero-order valence-corrected chi connectivity index (χ0v) is 19.7. The Bertz CT molecular complexity index is 1070. The van der Waals surface area contributed by atoms with Gasteiger partial charge in [0.25, 0.3) is 5.89 Å². The Morgan fingerprint density at radius 2 is 1.88 bits per heavy atom. The SMILES string of the molecule is COc1ccc(CCc2noc(C3(C)CCC4=C(C)C(O)C(C)C(C)=C4O3)n2)cc1OC. The number of fused-ring (bicyclic) bond motifs is 1. The van der Waals surface area contributed by atoms with Crippen molar-refractivity contribution < 1.29 is 23.8 Å². The van der Waals surface area contributed by atoms with Gasteiger partial charge in [0.15, 0.2) is 22.9 Å². The summed E-state index contributed by atoms with van der Waals surface area (Å²) in [7, 11) is 3.25. The quantitative estimate of drug-likeness (QED) is 0.708. The minimum absolute atomic E-state index is 0.0239. The lowest BCUT2D eigenvalue weighted by Gasteiger charge is -2.40. The van der Waals surface area contributed by atoms with Crippen molar-refractivity contribution in [2.24, 2.45) is 5.92 Å². The van der Waals surface area contributed by atoms with Crippen LogP contribution >= 0.6 is 0 Å². The molecule has 7 heteroatoms. The van der Waals surface area contributed by atoms with Gasteiger partial charge >= 0.3 is 0 Å². The lowest BCUT2D eigenvalue weighted by molar-refractivity contribution is -0.0368. The van der Waals surface area contributed by atoms with Crippen LogP contribution in [-0.2, 0) is 23.2 Å². The molecule has 1 N–H and O–H groups in total. The second-order valence-corrected chi connectivity index (χ2v) is 8.95. The molecule has 4 rings (SSSR count). The van der Waals surface area contributed by atoms with E-state index >= 15 is 0 Å². The fraction of sp³-hybridized carbons (Fsp3) is 0.520. The fourth-order valence-corrected chi connectivity index (χ4v) is 4.52. The van der Waals surface area contributed by atoms with E-state index < -0.39 is 11.7 Å². The number of methoxy groups -OCH3 is 2. The highest BCUT2D eigenvalue weighted by Crippen LogP contribution is 2.47. The van der Waals surface area contributed by atoms with Gasteiger partial charge in [-0.25, -0.2) is 0 Å². The predicted octanol–water partition coefficient (Wildman–Crippen LogP) is 4.50. The van der Waals surface area contributed by atoms with Crippen molar-refractivity contribution in [3.63, 3.8) is 0 Å². The summed E-state index contributed by atoms with van der Waals surface area (Å²) >= 11 is 0. The highest BCUT2D eigenvalue weighted by molar-refractivity contribution is 5.44. The summed E-state index contributed by atoms with van der Waals surface area (Å²) in [5.41, 5.74) is 3.60.